The normalized spacial score (nSPS) is 18.6. The van der Waals surface area contributed by atoms with E-state index < -0.39 is 21.0 Å². The SMILES string of the molecule is [O-][Cl+3]([O-])([O-])OS1=C(/C=C2/Nc3ccccc3S2)C=C(Nc2ccccc2)c2ccccc21. The lowest BCUT2D eigenvalue weighted by Crippen LogP contribution is -2.60. The van der Waals surface area contributed by atoms with Gasteiger partial charge in [0.1, 0.15) is 14.5 Å². The van der Waals surface area contributed by atoms with E-state index in [4.69, 9.17) is 3.74 Å². The van der Waals surface area contributed by atoms with Crippen molar-refractivity contribution in [2.24, 2.45) is 0 Å². The molecule has 2 N–H and O–H groups in total. The number of thioether (sulfide) groups is 1. The molecule has 1 unspecified atom stereocenters. The number of hydrogen-bond acceptors (Lipinski definition) is 7. The van der Waals surface area contributed by atoms with E-state index in [1.54, 1.807) is 12.1 Å². The summed E-state index contributed by atoms with van der Waals surface area (Å²) in [5, 5.41) is 7.54. The quantitative estimate of drug-likeness (QED) is 0.424. The van der Waals surface area contributed by atoms with E-state index in [-0.39, 0.29) is 0 Å². The van der Waals surface area contributed by atoms with Crippen LogP contribution >= 0.6 is 22.5 Å². The Hall–Kier alpha value is -2.56. The fraction of sp³-hybridized carbons (Fsp3) is 0. The molecule has 32 heavy (non-hydrogen) atoms. The molecular formula is C23H17ClN2O4S2. The first-order valence-electron chi connectivity index (χ1n) is 9.57. The molecule has 0 saturated carbocycles. The zero-order chi connectivity index (χ0) is 22.1. The summed E-state index contributed by atoms with van der Waals surface area (Å²) >= 11 is 1.53. The maximum Gasteiger partial charge on any atom is 0.147 e. The number of benzene rings is 3. The van der Waals surface area contributed by atoms with Crippen molar-refractivity contribution in [2.75, 3.05) is 10.6 Å². The van der Waals surface area contributed by atoms with E-state index in [1.807, 2.05) is 78.9 Å². The number of anilines is 2. The van der Waals surface area contributed by atoms with Gasteiger partial charge in [0.05, 0.1) is 25.9 Å². The predicted molar refractivity (Wildman–Crippen MR) is 120 cm³/mol. The molecule has 2 aliphatic heterocycles. The summed E-state index contributed by atoms with van der Waals surface area (Å²) in [5.41, 5.74) is 3.42. The van der Waals surface area contributed by atoms with E-state index in [1.165, 1.54) is 11.8 Å². The fourth-order valence-corrected chi connectivity index (χ4v) is 6.90. The maximum atomic E-state index is 11.6. The molecule has 6 nitrogen and oxygen atoms in total. The third-order valence-corrected chi connectivity index (χ3v) is 8.27. The molecule has 3 aromatic rings. The average molecular weight is 485 g/mol. The van der Waals surface area contributed by atoms with Gasteiger partial charge < -0.3 is 10.6 Å². The minimum absolute atomic E-state index is 0.567. The molecule has 0 bridgehead atoms. The number of halogens is 1. The Labute approximate surface area is 194 Å². The Bertz CT molecular complexity index is 1240. The van der Waals surface area contributed by atoms with Gasteiger partial charge in [-0.3, -0.25) is 0 Å². The van der Waals surface area contributed by atoms with Crippen molar-refractivity contribution in [3.05, 3.63) is 102 Å². The molecule has 1 atom stereocenters. The van der Waals surface area contributed by atoms with E-state index in [2.05, 4.69) is 10.6 Å². The first-order chi connectivity index (χ1) is 15.5. The van der Waals surface area contributed by atoms with Gasteiger partial charge in [0.15, 0.2) is 0 Å². The number of nitrogens with one attached hydrogen (secondary N) is 2. The Morgan fingerprint density at radius 3 is 2.41 bits per heavy atom. The van der Waals surface area contributed by atoms with Gasteiger partial charge in [-0.25, -0.2) is 0 Å². The van der Waals surface area contributed by atoms with Gasteiger partial charge in [-0.1, -0.05) is 60.3 Å². The van der Waals surface area contributed by atoms with Crippen LogP contribution in [0, 0.1) is 10.2 Å². The number of para-hydroxylation sites is 2. The molecule has 162 valence electrons. The molecule has 0 aliphatic carbocycles. The Balaban J connectivity index is 1.62. The zero-order valence-electron chi connectivity index (χ0n) is 16.5. The van der Waals surface area contributed by atoms with E-state index in [9.17, 15) is 14.0 Å². The maximum absolute atomic E-state index is 11.6. The highest BCUT2D eigenvalue weighted by molar-refractivity contribution is 8.12. The van der Waals surface area contributed by atoms with Crippen molar-refractivity contribution in [3.63, 3.8) is 0 Å². The molecule has 3 aromatic carbocycles. The topological polar surface area (TPSA) is 102 Å². The van der Waals surface area contributed by atoms with Gasteiger partial charge in [0.2, 0.25) is 0 Å². The molecular weight excluding hydrogens is 468 g/mol. The molecule has 0 fully saturated rings. The van der Waals surface area contributed by atoms with Crippen molar-refractivity contribution in [2.45, 2.75) is 9.79 Å². The van der Waals surface area contributed by atoms with E-state index in [0.29, 0.717) is 9.76 Å². The lowest BCUT2D eigenvalue weighted by molar-refractivity contribution is -1.91. The largest absolute Gasteiger partial charge is 0.355 e. The highest BCUT2D eigenvalue weighted by atomic mass is 35.7. The van der Waals surface area contributed by atoms with Crippen LogP contribution in [-0.2, 0) is 3.74 Å². The fourth-order valence-electron chi connectivity index (χ4n) is 3.40. The molecule has 0 aromatic heterocycles. The van der Waals surface area contributed by atoms with Gasteiger partial charge in [-0.15, -0.1) is 0 Å². The van der Waals surface area contributed by atoms with E-state index >= 15 is 0 Å². The minimum atomic E-state index is -4.62. The number of rotatable bonds is 5. The summed E-state index contributed by atoms with van der Waals surface area (Å²) in [4.78, 5) is 2.25. The van der Waals surface area contributed by atoms with Gasteiger partial charge in [0, 0.05) is 26.7 Å². The van der Waals surface area contributed by atoms with Crippen molar-refractivity contribution >= 4 is 44.5 Å². The highest BCUT2D eigenvalue weighted by Gasteiger charge is 2.31. The molecule has 0 spiro atoms. The van der Waals surface area contributed by atoms with Crippen molar-refractivity contribution in [1.82, 2.24) is 0 Å². The summed E-state index contributed by atoms with van der Waals surface area (Å²) in [6, 6.07) is 24.9. The number of fused-ring (bicyclic) bond motifs is 2. The molecule has 0 radical (unpaired) electrons. The minimum Gasteiger partial charge on any atom is -0.355 e. The molecule has 0 amide bonds. The van der Waals surface area contributed by atoms with Crippen LogP contribution < -0.4 is 24.6 Å². The van der Waals surface area contributed by atoms with E-state index in [0.717, 1.165) is 32.6 Å². The standard InChI is InChI=1S/C23H17ClN2O4S2/c27-24(28,29)30-32-17(15-23-26-19-11-5-6-12-21(19)31-23)14-20(18-10-4-7-13-22(18)32)25-16-8-2-1-3-9-16/h1-15,25-26H/b23-15-. The first-order valence-corrected chi connectivity index (χ1v) is 12.8. The molecule has 5 rings (SSSR count). The van der Waals surface area contributed by atoms with Gasteiger partial charge >= 0.3 is 0 Å². The van der Waals surface area contributed by atoms with Gasteiger partial charge in [-0.05, 0) is 42.5 Å². The molecule has 2 aliphatic rings. The average Bonchev–Trinajstić information content (AvgIpc) is 3.18. The van der Waals surface area contributed by atoms with Crippen molar-refractivity contribution in [3.8, 4) is 0 Å². The van der Waals surface area contributed by atoms with Crippen molar-refractivity contribution < 1.29 is 28.0 Å². The van der Waals surface area contributed by atoms with Crippen LogP contribution in [0.5, 0.6) is 0 Å². The Morgan fingerprint density at radius 1 is 0.906 bits per heavy atom. The van der Waals surface area contributed by atoms with Crippen LogP contribution in [0.4, 0.5) is 11.4 Å². The second kappa shape index (κ2) is 8.76. The van der Waals surface area contributed by atoms with Crippen molar-refractivity contribution in [1.29, 1.82) is 0 Å². The van der Waals surface area contributed by atoms with Crippen LogP contribution in [0.1, 0.15) is 5.56 Å². The van der Waals surface area contributed by atoms with Crippen LogP contribution in [-0.4, -0.2) is 4.86 Å². The monoisotopic (exact) mass is 484 g/mol. The second-order valence-corrected chi connectivity index (χ2v) is 10.7. The molecule has 0 saturated heterocycles. The second-order valence-electron chi connectivity index (χ2n) is 6.89. The predicted octanol–water partition coefficient (Wildman–Crippen LogP) is 2.84. The lowest BCUT2D eigenvalue weighted by atomic mass is 10.1. The van der Waals surface area contributed by atoms with Crippen LogP contribution in [0.2, 0.25) is 0 Å². The highest BCUT2D eigenvalue weighted by Crippen LogP contribution is 2.44. The summed E-state index contributed by atoms with van der Waals surface area (Å²) in [5.74, 6) is 0. The third-order valence-electron chi connectivity index (χ3n) is 4.71. The zero-order valence-corrected chi connectivity index (χ0v) is 18.9. The van der Waals surface area contributed by atoms with Crippen LogP contribution in [0.3, 0.4) is 0 Å². The van der Waals surface area contributed by atoms with Gasteiger partial charge in [0.25, 0.3) is 0 Å². The number of hydrogen-bond donors (Lipinski definition) is 2. The third kappa shape index (κ3) is 4.62. The first kappa shape index (κ1) is 21.3. The molecule has 9 heteroatoms. The van der Waals surface area contributed by atoms with Crippen LogP contribution in [0.25, 0.3) is 5.70 Å². The Kier molecular flexibility index (Phi) is 5.83. The molecule has 2 heterocycles. The number of allylic oxidation sites excluding steroid dienone is 2. The summed E-state index contributed by atoms with van der Waals surface area (Å²) in [7, 11) is -6.03. The summed E-state index contributed by atoms with van der Waals surface area (Å²) in [6.45, 7) is 0. The summed E-state index contributed by atoms with van der Waals surface area (Å²) in [6.07, 6.45) is 3.66. The summed E-state index contributed by atoms with van der Waals surface area (Å²) < 4.78 is 39.7. The lowest BCUT2D eigenvalue weighted by Gasteiger charge is -2.22. The Morgan fingerprint density at radius 2 is 1.62 bits per heavy atom. The van der Waals surface area contributed by atoms with Crippen LogP contribution in [0.15, 0.2) is 106 Å². The van der Waals surface area contributed by atoms with Gasteiger partial charge in [-0.2, -0.15) is 14.0 Å². The smallest absolute Gasteiger partial charge is 0.147 e.